The van der Waals surface area contributed by atoms with Crippen LogP contribution in [-0.2, 0) is 40.0 Å². The van der Waals surface area contributed by atoms with Crippen LogP contribution in [0.2, 0.25) is 0 Å². The molecule has 4 aromatic carbocycles. The third kappa shape index (κ3) is 14.0. The first kappa shape index (κ1) is 55.8. The predicted molar refractivity (Wildman–Crippen MR) is 285 cm³/mol. The Labute approximate surface area is 448 Å². The Hall–Kier alpha value is -7.39. The van der Waals surface area contributed by atoms with E-state index in [1.54, 1.807) is 35.0 Å². The molecule has 20 heteroatoms. The van der Waals surface area contributed by atoms with Crippen LogP contribution in [0.4, 0.5) is 20.2 Å². The molecule has 2 aliphatic rings. The first-order valence-electron chi connectivity index (χ1n) is 25.3. The maximum Gasteiger partial charge on any atom is 0.243 e. The maximum absolute atomic E-state index is 15.5. The number of aliphatic hydroxyl groups excluding tert-OH is 1. The minimum absolute atomic E-state index is 0.00146. The molecule has 0 bridgehead atoms. The van der Waals surface area contributed by atoms with Crippen molar-refractivity contribution in [1.29, 1.82) is 0 Å². The molecule has 2 aromatic heterocycles. The standard InChI is InChI=1S/C57H62F2N6O11S/c1-34-51(77-33-62-34)36-8-6-35(7-9-36)31-61-52(68)46-28-41(67)32-65(46)53(69)43(56(2,3)4)27-40(66)17-21-73-22-23-74-24-25-75-50-30-45-42(29-49(50)72-5)47(16-20-60-45)76-48-15-14-39(26-44(48)59)64-55(71)57(18-19-57)54(70)63-38-12-10-37(58)11-13-38/h6-16,20,26,29-30,33,41,43,46,67H,17-19,21-25,27-28,31-32H2,1-5H3,(H,61,68)(H,63,70)(H,64,71)/t41-,43-,46+/m1/s1. The minimum Gasteiger partial charge on any atom is -0.493 e. The van der Waals surface area contributed by atoms with E-state index >= 15 is 4.39 Å². The number of aryl methyl sites for hydroxylation is 1. The van der Waals surface area contributed by atoms with Gasteiger partial charge in [0.25, 0.3) is 0 Å². The lowest BCUT2D eigenvalue weighted by Gasteiger charge is -2.34. The number of Topliss-reactive ketones (excluding diaryl/α,β-unsaturated/α-hetero) is 1. The van der Waals surface area contributed by atoms with E-state index in [1.807, 2.05) is 52.0 Å². The lowest BCUT2D eigenvalue weighted by atomic mass is 9.76. The molecule has 17 nitrogen and oxygen atoms in total. The van der Waals surface area contributed by atoms with Crippen LogP contribution in [0.25, 0.3) is 21.3 Å². The number of aromatic nitrogens is 2. The molecule has 1 saturated heterocycles. The van der Waals surface area contributed by atoms with Gasteiger partial charge in [0.15, 0.2) is 23.1 Å². The van der Waals surface area contributed by atoms with Crippen molar-refractivity contribution in [3.63, 3.8) is 0 Å². The van der Waals surface area contributed by atoms with E-state index in [4.69, 9.17) is 23.7 Å². The number of ether oxygens (including phenoxy) is 5. The summed E-state index contributed by atoms with van der Waals surface area (Å²) in [5, 5.41) is 19.3. The molecule has 406 valence electrons. The van der Waals surface area contributed by atoms with Gasteiger partial charge in [-0.15, -0.1) is 11.3 Å². The summed E-state index contributed by atoms with van der Waals surface area (Å²) in [4.78, 5) is 78.2. The van der Waals surface area contributed by atoms with Crippen LogP contribution < -0.4 is 30.2 Å². The molecular weight excluding hydrogens is 1010 g/mol. The van der Waals surface area contributed by atoms with Crippen LogP contribution in [0, 0.1) is 35.3 Å². The van der Waals surface area contributed by atoms with Crippen LogP contribution in [0.15, 0.2) is 96.6 Å². The van der Waals surface area contributed by atoms with Crippen molar-refractivity contribution in [3.05, 3.63) is 120 Å². The van der Waals surface area contributed by atoms with E-state index in [9.17, 15) is 33.5 Å². The molecule has 0 spiro atoms. The van der Waals surface area contributed by atoms with Gasteiger partial charge in [-0.2, -0.15) is 0 Å². The first-order chi connectivity index (χ1) is 36.9. The number of β-amino-alcohol motifs (C(OH)–C–C–N with tert-alkyl or cyclic N) is 1. The highest BCUT2D eigenvalue weighted by Crippen LogP contribution is 2.48. The second-order valence-corrected chi connectivity index (χ2v) is 21.0. The normalized spacial score (nSPS) is 16.1. The van der Waals surface area contributed by atoms with Gasteiger partial charge in [-0.05, 0) is 84.8 Å². The van der Waals surface area contributed by atoms with Crippen molar-refractivity contribution in [2.45, 2.75) is 78.5 Å². The van der Waals surface area contributed by atoms with Gasteiger partial charge in [0.05, 0.1) is 61.2 Å². The maximum atomic E-state index is 15.5. The number of hydrogen-bond donors (Lipinski definition) is 4. The zero-order valence-corrected chi connectivity index (χ0v) is 44.3. The number of methoxy groups -OCH3 is 1. The van der Waals surface area contributed by atoms with Crippen molar-refractivity contribution in [2.75, 3.05) is 57.3 Å². The molecule has 0 radical (unpaired) electrons. The Bertz CT molecular complexity index is 3090. The van der Waals surface area contributed by atoms with E-state index < -0.39 is 52.3 Å². The molecule has 1 aliphatic carbocycles. The Kier molecular flexibility index (Phi) is 17.9. The number of amides is 4. The largest absolute Gasteiger partial charge is 0.493 e. The van der Waals surface area contributed by atoms with Crippen molar-refractivity contribution < 1.29 is 61.5 Å². The topological polar surface area (TPSA) is 217 Å². The summed E-state index contributed by atoms with van der Waals surface area (Å²) in [5.74, 6) is -3.08. The first-order valence-corrected chi connectivity index (χ1v) is 26.2. The summed E-state index contributed by atoms with van der Waals surface area (Å²) in [5.41, 5.74) is 3.69. The fraction of sp³-hybridized carbons (Fsp3) is 0.386. The number of nitrogens with zero attached hydrogens (tertiary/aromatic N) is 3. The quantitative estimate of drug-likeness (QED) is 0.0330. The number of likely N-dealkylation sites (tertiary alicyclic amines) is 1. The lowest BCUT2D eigenvalue weighted by molar-refractivity contribution is -0.146. The number of hydrogen-bond acceptors (Lipinski definition) is 14. The monoisotopic (exact) mass is 1080 g/mol. The fourth-order valence-electron chi connectivity index (χ4n) is 8.96. The van der Waals surface area contributed by atoms with E-state index in [0.29, 0.717) is 40.9 Å². The lowest BCUT2D eigenvalue weighted by Crippen LogP contribution is -2.50. The average Bonchev–Trinajstić information content (AvgIpc) is 4.08. The average molecular weight is 1080 g/mol. The van der Waals surface area contributed by atoms with Gasteiger partial charge in [-0.3, -0.25) is 29.0 Å². The van der Waals surface area contributed by atoms with Gasteiger partial charge < -0.3 is 49.6 Å². The molecule has 8 rings (SSSR count). The van der Waals surface area contributed by atoms with E-state index in [0.717, 1.165) is 27.8 Å². The van der Waals surface area contributed by atoms with Gasteiger partial charge in [0.2, 0.25) is 23.6 Å². The second-order valence-electron chi connectivity index (χ2n) is 20.1. The number of anilines is 2. The number of carbonyl (C=O) groups excluding carboxylic acids is 5. The number of thiazole rings is 1. The van der Waals surface area contributed by atoms with Crippen LogP contribution in [0.3, 0.4) is 0 Å². The third-order valence-corrected chi connectivity index (χ3v) is 14.5. The molecule has 4 N–H and O–H groups in total. The van der Waals surface area contributed by atoms with Gasteiger partial charge in [0.1, 0.15) is 35.4 Å². The number of fused-ring (bicyclic) bond motifs is 1. The van der Waals surface area contributed by atoms with Crippen LogP contribution in [0.1, 0.15) is 64.1 Å². The summed E-state index contributed by atoms with van der Waals surface area (Å²) < 4.78 is 57.7. The predicted octanol–water partition coefficient (Wildman–Crippen LogP) is 8.81. The number of carbonyl (C=O) groups is 5. The van der Waals surface area contributed by atoms with Crippen molar-refractivity contribution in [2.24, 2.45) is 16.7 Å². The Morgan fingerprint density at radius 3 is 2.17 bits per heavy atom. The summed E-state index contributed by atoms with van der Waals surface area (Å²) >= 11 is 1.56. The van der Waals surface area contributed by atoms with E-state index in [1.165, 1.54) is 54.6 Å². The molecule has 3 heterocycles. The number of rotatable bonds is 24. The van der Waals surface area contributed by atoms with Crippen LogP contribution in [-0.4, -0.2) is 108 Å². The van der Waals surface area contributed by atoms with E-state index in [-0.39, 0.29) is 100 Å². The number of ketones is 1. The molecular formula is C57H62F2N6O11S. The fourth-order valence-corrected chi connectivity index (χ4v) is 9.78. The summed E-state index contributed by atoms with van der Waals surface area (Å²) in [6.07, 6.45) is 1.37. The molecule has 0 unspecified atom stereocenters. The molecule has 4 amide bonds. The van der Waals surface area contributed by atoms with Crippen molar-refractivity contribution in [3.8, 4) is 33.4 Å². The van der Waals surface area contributed by atoms with Gasteiger partial charge >= 0.3 is 0 Å². The highest BCUT2D eigenvalue weighted by atomic mass is 32.1. The molecule has 6 aromatic rings. The van der Waals surface area contributed by atoms with Crippen molar-refractivity contribution >= 4 is 63.0 Å². The summed E-state index contributed by atoms with van der Waals surface area (Å²) in [6.45, 7) is 8.74. The van der Waals surface area contributed by atoms with Crippen LogP contribution >= 0.6 is 11.3 Å². The number of pyridine rings is 1. The summed E-state index contributed by atoms with van der Waals surface area (Å²) in [6, 6.07) is 21.0. The highest BCUT2D eigenvalue weighted by molar-refractivity contribution is 7.13. The van der Waals surface area contributed by atoms with Crippen LogP contribution in [0.5, 0.6) is 23.0 Å². The minimum atomic E-state index is -1.33. The van der Waals surface area contributed by atoms with Crippen molar-refractivity contribution in [1.82, 2.24) is 20.2 Å². The van der Waals surface area contributed by atoms with E-state index in [2.05, 4.69) is 25.9 Å². The van der Waals surface area contributed by atoms with Gasteiger partial charge in [-0.1, -0.05) is 45.0 Å². The van der Waals surface area contributed by atoms with Gasteiger partial charge in [0, 0.05) is 73.4 Å². The molecule has 1 aliphatic heterocycles. The third-order valence-electron chi connectivity index (χ3n) is 13.6. The molecule has 1 saturated carbocycles. The number of aliphatic hydroxyl groups is 1. The molecule has 3 atom stereocenters. The molecule has 2 fully saturated rings. The Morgan fingerprint density at radius 1 is 0.818 bits per heavy atom. The zero-order chi connectivity index (χ0) is 54.9. The summed E-state index contributed by atoms with van der Waals surface area (Å²) in [7, 11) is 1.47. The second kappa shape index (κ2) is 24.7. The Morgan fingerprint density at radius 2 is 1.51 bits per heavy atom. The highest BCUT2D eigenvalue weighted by Gasteiger charge is 2.56. The molecule has 77 heavy (non-hydrogen) atoms. The smallest absolute Gasteiger partial charge is 0.243 e. The number of halogens is 2. The zero-order valence-electron chi connectivity index (χ0n) is 43.5. The Balaban J connectivity index is 0.749. The number of benzene rings is 4. The van der Waals surface area contributed by atoms with Gasteiger partial charge in [-0.25, -0.2) is 13.8 Å². The number of nitrogens with one attached hydrogen (secondary N) is 3. The SMILES string of the molecule is COc1cc2c(Oc3ccc(NC(=O)C4(C(=O)Nc5ccc(F)cc5)CC4)cc3F)ccnc2cc1OCCOCCOCCC(=O)C[C@H](C(=O)N1C[C@H](O)C[C@H]1C(=O)NCc1ccc(-c2scnc2C)cc1)C(C)(C)C.